The zero-order chi connectivity index (χ0) is 14.1. The highest BCUT2D eigenvalue weighted by atomic mass is 16.7. The molecule has 3 rings (SSSR count). The number of urea groups is 1. The number of piperidine rings is 2. The molecule has 0 aliphatic carbocycles. The number of carbonyl (C=O) groups excluding carboxylic acids is 2. The third kappa shape index (κ3) is 2.73. The van der Waals surface area contributed by atoms with Gasteiger partial charge in [0.15, 0.2) is 0 Å². The quantitative estimate of drug-likeness (QED) is 0.696. The summed E-state index contributed by atoms with van der Waals surface area (Å²) in [6.07, 6.45) is 3.49. The number of hydroxylamine groups is 1. The number of likely N-dealkylation sites (tertiary alicyclic amines) is 1. The fraction of sp³-hybridized carbons (Fsp3) is 0.846. The maximum absolute atomic E-state index is 12.2. The van der Waals surface area contributed by atoms with Gasteiger partial charge in [-0.05, 0) is 32.7 Å². The average molecular weight is 282 g/mol. The van der Waals surface area contributed by atoms with Gasteiger partial charge in [0.2, 0.25) is 0 Å². The third-order valence-electron chi connectivity index (χ3n) is 4.46. The van der Waals surface area contributed by atoms with Crippen LogP contribution in [0.3, 0.4) is 0 Å². The largest absolute Gasteiger partial charge is 0.333 e. The fourth-order valence-corrected chi connectivity index (χ4v) is 3.16. The van der Waals surface area contributed by atoms with Crippen molar-refractivity contribution in [2.45, 2.75) is 43.9 Å². The van der Waals surface area contributed by atoms with Gasteiger partial charge in [0.05, 0.1) is 6.10 Å². The molecule has 0 radical (unpaired) electrons. The molecule has 0 aromatic rings. The maximum Gasteiger partial charge on any atom is 0.318 e. The van der Waals surface area contributed by atoms with Gasteiger partial charge >= 0.3 is 6.03 Å². The summed E-state index contributed by atoms with van der Waals surface area (Å²) in [4.78, 5) is 33.2. The van der Waals surface area contributed by atoms with Crippen LogP contribution in [0.1, 0.15) is 25.7 Å². The Kier molecular flexibility index (Phi) is 3.80. The van der Waals surface area contributed by atoms with Gasteiger partial charge in [0.25, 0.3) is 5.91 Å². The summed E-state index contributed by atoms with van der Waals surface area (Å²) in [6.45, 7) is 2.60. The molecule has 0 aromatic heterocycles. The van der Waals surface area contributed by atoms with Crippen LogP contribution in [0.2, 0.25) is 0 Å². The van der Waals surface area contributed by atoms with E-state index in [-0.39, 0.29) is 30.1 Å². The first-order valence-corrected chi connectivity index (χ1v) is 7.34. The second-order valence-corrected chi connectivity index (χ2v) is 5.98. The highest BCUT2D eigenvalue weighted by molar-refractivity contribution is 5.88. The van der Waals surface area contributed by atoms with Crippen molar-refractivity contribution in [3.05, 3.63) is 0 Å². The lowest BCUT2D eigenvalue weighted by molar-refractivity contribution is -0.145. The summed E-state index contributed by atoms with van der Waals surface area (Å²) in [5.41, 5.74) is 2.56. The van der Waals surface area contributed by atoms with E-state index in [1.807, 2.05) is 0 Å². The van der Waals surface area contributed by atoms with Crippen LogP contribution in [0.15, 0.2) is 0 Å². The Balaban J connectivity index is 1.48. The SMILES string of the molecule is CN1CCC(ONC(=O)C2CCC3CN2C(=O)N3)CC1. The van der Waals surface area contributed by atoms with Crippen LogP contribution in [0.25, 0.3) is 0 Å². The van der Waals surface area contributed by atoms with E-state index >= 15 is 0 Å². The molecule has 112 valence electrons. The first-order valence-electron chi connectivity index (χ1n) is 7.34. The summed E-state index contributed by atoms with van der Waals surface area (Å²) < 4.78 is 0. The summed E-state index contributed by atoms with van der Waals surface area (Å²) in [6, 6.07) is -0.312. The van der Waals surface area contributed by atoms with Crippen molar-refractivity contribution in [1.29, 1.82) is 0 Å². The van der Waals surface area contributed by atoms with E-state index in [0.717, 1.165) is 32.4 Å². The molecule has 3 amide bonds. The molecule has 3 heterocycles. The van der Waals surface area contributed by atoms with E-state index in [4.69, 9.17) is 4.84 Å². The molecule has 0 aromatic carbocycles. The normalized spacial score (nSPS) is 31.2. The number of nitrogens with zero attached hydrogens (tertiary/aromatic N) is 2. The number of fused-ring (bicyclic) bond motifs is 2. The highest BCUT2D eigenvalue weighted by Crippen LogP contribution is 2.23. The van der Waals surface area contributed by atoms with Crippen LogP contribution in [0.5, 0.6) is 0 Å². The summed E-state index contributed by atoms with van der Waals surface area (Å²) in [5, 5.41) is 2.87. The van der Waals surface area contributed by atoms with E-state index in [0.29, 0.717) is 13.0 Å². The Morgan fingerprint density at radius 2 is 2.05 bits per heavy atom. The minimum absolute atomic E-state index is 0.0823. The topological polar surface area (TPSA) is 73.9 Å². The van der Waals surface area contributed by atoms with Crippen LogP contribution >= 0.6 is 0 Å². The van der Waals surface area contributed by atoms with Gasteiger partial charge in [-0.1, -0.05) is 0 Å². The van der Waals surface area contributed by atoms with Crippen molar-refractivity contribution in [2.75, 3.05) is 26.7 Å². The summed E-state index contributed by atoms with van der Waals surface area (Å²) in [5.74, 6) is -0.195. The molecule has 3 aliphatic rings. The Hall–Kier alpha value is -1.34. The molecule has 0 saturated carbocycles. The minimum Gasteiger partial charge on any atom is -0.333 e. The van der Waals surface area contributed by atoms with Crippen molar-refractivity contribution in [2.24, 2.45) is 0 Å². The number of nitrogens with one attached hydrogen (secondary N) is 2. The lowest BCUT2D eigenvalue weighted by Gasteiger charge is -2.31. The van der Waals surface area contributed by atoms with Crippen LogP contribution < -0.4 is 10.8 Å². The Bertz CT molecular complexity index is 395. The second-order valence-electron chi connectivity index (χ2n) is 5.98. The predicted molar refractivity (Wildman–Crippen MR) is 71.8 cm³/mol. The van der Waals surface area contributed by atoms with E-state index in [2.05, 4.69) is 22.7 Å². The van der Waals surface area contributed by atoms with Crippen LogP contribution in [-0.4, -0.2) is 66.6 Å². The van der Waals surface area contributed by atoms with Crippen molar-refractivity contribution in [3.8, 4) is 0 Å². The molecule has 2 N–H and O–H groups in total. The van der Waals surface area contributed by atoms with Crippen molar-refractivity contribution in [3.63, 3.8) is 0 Å². The zero-order valence-corrected chi connectivity index (χ0v) is 11.8. The van der Waals surface area contributed by atoms with E-state index < -0.39 is 0 Å². The maximum atomic E-state index is 12.2. The van der Waals surface area contributed by atoms with Gasteiger partial charge in [0.1, 0.15) is 6.04 Å². The van der Waals surface area contributed by atoms with Gasteiger partial charge in [-0.15, -0.1) is 0 Å². The first-order chi connectivity index (χ1) is 9.63. The van der Waals surface area contributed by atoms with Crippen LogP contribution in [-0.2, 0) is 9.63 Å². The lowest BCUT2D eigenvalue weighted by atomic mass is 10.0. The molecule has 3 fully saturated rings. The van der Waals surface area contributed by atoms with Gasteiger partial charge in [-0.25, -0.2) is 10.3 Å². The average Bonchev–Trinajstić information content (AvgIpc) is 2.73. The van der Waals surface area contributed by atoms with Gasteiger partial charge in [-0.3, -0.25) is 9.63 Å². The van der Waals surface area contributed by atoms with Crippen molar-refractivity contribution >= 4 is 11.9 Å². The Morgan fingerprint density at radius 3 is 2.80 bits per heavy atom. The molecular formula is C13H22N4O3. The smallest absolute Gasteiger partial charge is 0.318 e. The predicted octanol–water partition coefficient (Wildman–Crippen LogP) is -0.315. The molecule has 2 unspecified atom stereocenters. The highest BCUT2D eigenvalue weighted by Gasteiger charge is 2.42. The number of hydrogen-bond donors (Lipinski definition) is 2. The van der Waals surface area contributed by atoms with Gasteiger partial charge in [0, 0.05) is 25.7 Å². The Morgan fingerprint density at radius 1 is 1.30 bits per heavy atom. The molecule has 3 saturated heterocycles. The molecule has 20 heavy (non-hydrogen) atoms. The molecular weight excluding hydrogens is 260 g/mol. The standard InChI is InChI=1S/C13H22N4O3/c1-16-6-4-10(5-7-16)20-15-12(18)11-3-2-9-8-17(11)13(19)14-9/h9-11H,2-8H2,1H3,(H,14,19)(H,15,18). The third-order valence-corrected chi connectivity index (χ3v) is 4.46. The van der Waals surface area contributed by atoms with Crippen LogP contribution in [0, 0.1) is 0 Å². The molecule has 2 bridgehead atoms. The summed E-state index contributed by atoms with van der Waals surface area (Å²) in [7, 11) is 2.08. The fourth-order valence-electron chi connectivity index (χ4n) is 3.16. The molecule has 0 spiro atoms. The van der Waals surface area contributed by atoms with E-state index in [1.165, 1.54) is 0 Å². The lowest BCUT2D eigenvalue weighted by Crippen LogP contribution is -2.50. The molecule has 3 aliphatic heterocycles. The number of hydrogen-bond acceptors (Lipinski definition) is 4. The van der Waals surface area contributed by atoms with Gasteiger partial charge < -0.3 is 15.1 Å². The molecule has 2 atom stereocenters. The van der Waals surface area contributed by atoms with Crippen molar-refractivity contribution < 1.29 is 14.4 Å². The monoisotopic (exact) mass is 282 g/mol. The minimum atomic E-state index is -0.389. The van der Waals surface area contributed by atoms with Gasteiger partial charge in [-0.2, -0.15) is 0 Å². The number of carbonyl (C=O) groups is 2. The molecule has 7 nitrogen and oxygen atoms in total. The molecule has 7 heteroatoms. The summed E-state index contributed by atoms with van der Waals surface area (Å²) >= 11 is 0. The number of rotatable bonds is 3. The number of amides is 3. The second kappa shape index (κ2) is 5.57. The van der Waals surface area contributed by atoms with E-state index in [1.54, 1.807) is 4.90 Å². The van der Waals surface area contributed by atoms with Crippen molar-refractivity contribution in [1.82, 2.24) is 20.6 Å². The zero-order valence-electron chi connectivity index (χ0n) is 11.8. The Labute approximate surface area is 118 Å². The van der Waals surface area contributed by atoms with Crippen LogP contribution in [0.4, 0.5) is 4.79 Å². The van der Waals surface area contributed by atoms with E-state index in [9.17, 15) is 9.59 Å². The first kappa shape index (κ1) is 13.6.